The number of likely N-dealkylation sites (tertiary alicyclic amines) is 2. The smallest absolute Gasteiger partial charge is 0.157 e. The van der Waals surface area contributed by atoms with Crippen LogP contribution in [0.1, 0.15) is 162 Å². The third-order valence-electron chi connectivity index (χ3n) is 17.8. The molecule has 0 bridgehead atoms. The Bertz CT molecular complexity index is 1360. The van der Waals surface area contributed by atoms with Crippen molar-refractivity contribution in [2.24, 2.45) is 35.5 Å². The quantitative estimate of drug-likeness (QED) is 0.300. The summed E-state index contributed by atoms with van der Waals surface area (Å²) < 4.78 is 57.3. The van der Waals surface area contributed by atoms with Gasteiger partial charge in [0.2, 0.25) is 0 Å². The molecule has 3 aliphatic heterocycles. The van der Waals surface area contributed by atoms with Crippen LogP contribution in [0.25, 0.3) is 0 Å². The van der Waals surface area contributed by atoms with Crippen molar-refractivity contribution in [3.8, 4) is 0 Å². The summed E-state index contributed by atoms with van der Waals surface area (Å²) in [5, 5.41) is 1.57. The maximum atomic E-state index is 14.3. The van der Waals surface area contributed by atoms with Crippen molar-refractivity contribution in [1.82, 2.24) is 15.1 Å². The zero-order valence-electron chi connectivity index (χ0n) is 32.8. The minimum atomic E-state index is -3.41. The lowest BCUT2D eigenvalue weighted by Gasteiger charge is -2.46. The Balaban J connectivity index is 0.822. The Labute approximate surface area is 317 Å². The molecule has 0 spiro atoms. The van der Waals surface area contributed by atoms with E-state index in [1.165, 1.54) is 89.9 Å². The summed E-state index contributed by atoms with van der Waals surface area (Å²) in [7, 11) is -6.83. The van der Waals surface area contributed by atoms with Crippen LogP contribution < -0.4 is 5.32 Å². The van der Waals surface area contributed by atoms with Gasteiger partial charge in [0, 0.05) is 49.3 Å². The second-order valence-corrected chi connectivity index (χ2v) is 25.3. The van der Waals surface area contributed by atoms with Crippen LogP contribution in [0.15, 0.2) is 0 Å². The van der Waals surface area contributed by atoms with Crippen molar-refractivity contribution >= 4 is 19.7 Å². The number of hydrogen-bond donors (Lipinski definition) is 1. The summed E-state index contributed by atoms with van der Waals surface area (Å²) in [6, 6.07) is 3.90. The molecule has 9 heteroatoms. The van der Waals surface area contributed by atoms with Crippen molar-refractivity contribution < 1.29 is 16.8 Å². The molecule has 0 amide bonds. The molecule has 9 rings (SSSR count). The predicted octanol–water partition coefficient (Wildman–Crippen LogP) is 7.53. The van der Waals surface area contributed by atoms with Gasteiger partial charge >= 0.3 is 0 Å². The Morgan fingerprint density at radius 2 is 0.808 bits per heavy atom. The van der Waals surface area contributed by atoms with Gasteiger partial charge in [-0.05, 0) is 145 Å². The molecule has 0 aromatic carbocycles. The second kappa shape index (κ2) is 14.9. The van der Waals surface area contributed by atoms with Crippen molar-refractivity contribution in [2.75, 3.05) is 13.1 Å². The Kier molecular flexibility index (Phi) is 10.7. The predicted molar refractivity (Wildman–Crippen MR) is 211 cm³/mol. The molecule has 3 heterocycles. The lowest BCUT2D eigenvalue weighted by Crippen LogP contribution is -2.55. The molecule has 12 atom stereocenters. The van der Waals surface area contributed by atoms with Crippen LogP contribution in [0.2, 0.25) is 0 Å². The highest BCUT2D eigenvalue weighted by Gasteiger charge is 2.56. The maximum absolute atomic E-state index is 14.3. The van der Waals surface area contributed by atoms with Gasteiger partial charge in [0.05, 0.1) is 21.0 Å². The van der Waals surface area contributed by atoms with Crippen LogP contribution in [0.3, 0.4) is 0 Å². The minimum Gasteiger partial charge on any atom is -0.314 e. The summed E-state index contributed by atoms with van der Waals surface area (Å²) in [5.41, 5.74) is 0. The fourth-order valence-electron chi connectivity index (χ4n) is 15.6. The molecule has 6 aliphatic carbocycles. The highest BCUT2D eigenvalue weighted by molar-refractivity contribution is 7.93. The van der Waals surface area contributed by atoms with E-state index in [1.54, 1.807) is 0 Å². The number of fused-ring (bicyclic) bond motifs is 6. The zero-order valence-corrected chi connectivity index (χ0v) is 34.4. The molecule has 7 nitrogen and oxygen atoms in total. The maximum Gasteiger partial charge on any atom is 0.157 e. The molecule has 6 saturated carbocycles. The number of nitrogens with one attached hydrogen (secondary N) is 1. The van der Waals surface area contributed by atoms with E-state index in [0.717, 1.165) is 99.0 Å². The fraction of sp³-hybridized carbons (Fsp3) is 1.00. The summed E-state index contributed by atoms with van der Waals surface area (Å²) in [4.78, 5) is 5.96. The topological polar surface area (TPSA) is 86.8 Å². The van der Waals surface area contributed by atoms with Crippen molar-refractivity contribution in [3.63, 3.8) is 0 Å². The summed E-state index contributed by atoms with van der Waals surface area (Å²) in [5.74, 6) is 4.95. The van der Waals surface area contributed by atoms with Crippen LogP contribution >= 0.6 is 0 Å². The molecule has 0 aromatic heterocycles. The van der Waals surface area contributed by atoms with Gasteiger partial charge in [-0.15, -0.1) is 0 Å². The van der Waals surface area contributed by atoms with E-state index in [9.17, 15) is 16.8 Å². The first kappa shape index (κ1) is 37.4. The van der Waals surface area contributed by atoms with Gasteiger partial charge in [0.25, 0.3) is 0 Å². The molecular formula is C43H73N3O4S2. The Morgan fingerprint density at radius 1 is 0.423 bits per heavy atom. The molecule has 9 fully saturated rings. The van der Waals surface area contributed by atoms with Crippen molar-refractivity contribution in [3.05, 3.63) is 0 Å². The van der Waals surface area contributed by atoms with E-state index < -0.39 is 30.2 Å². The lowest BCUT2D eigenvalue weighted by atomic mass is 9.71. The van der Waals surface area contributed by atoms with Gasteiger partial charge < -0.3 is 5.32 Å². The first-order chi connectivity index (χ1) is 25.1. The van der Waals surface area contributed by atoms with E-state index in [2.05, 4.69) is 29.0 Å². The number of rotatable bonds is 6. The number of sulfone groups is 2. The van der Waals surface area contributed by atoms with Crippen LogP contribution in [0.4, 0.5) is 0 Å². The molecule has 12 unspecified atom stereocenters. The average Bonchev–Trinajstić information content (AvgIpc) is 3.70. The first-order valence-electron chi connectivity index (χ1n) is 22.9. The van der Waals surface area contributed by atoms with Gasteiger partial charge in [-0.25, -0.2) is 16.8 Å². The average molecular weight is 760 g/mol. The minimum absolute atomic E-state index is 0.297. The number of nitrogens with zero attached hydrogens (tertiary/aromatic N) is 2. The molecule has 52 heavy (non-hydrogen) atoms. The molecular weight excluding hydrogens is 687 g/mol. The van der Waals surface area contributed by atoms with Gasteiger partial charge in [0.15, 0.2) is 19.7 Å². The van der Waals surface area contributed by atoms with Gasteiger partial charge in [-0.3, -0.25) is 9.80 Å². The molecule has 3 saturated heterocycles. The van der Waals surface area contributed by atoms with Gasteiger partial charge in [-0.1, -0.05) is 52.4 Å². The van der Waals surface area contributed by atoms with E-state index in [0.29, 0.717) is 43.7 Å². The van der Waals surface area contributed by atoms with Gasteiger partial charge in [0.1, 0.15) is 0 Å². The highest BCUT2D eigenvalue weighted by atomic mass is 32.2. The second-order valence-electron chi connectivity index (χ2n) is 20.2. The van der Waals surface area contributed by atoms with Crippen LogP contribution in [-0.2, 0) is 19.7 Å². The standard InChI is InChI=1S/C43H73N3O4S2/c1-28-9-7-13-38-36-11-3-5-15-40(36)45(42(28)38)30-17-21-32(22-18-30)51(47,48)34-25-35(27-44-26-34)52(49,50)33-23-19-31(20-24-33)46-41-16-6-4-12-37(41)39-14-8-10-29(2)43(39)46/h28-44H,3-27H2,1-2H3. The van der Waals surface area contributed by atoms with Gasteiger partial charge in [-0.2, -0.15) is 0 Å². The normalized spacial score (nSPS) is 49.4. The van der Waals surface area contributed by atoms with Crippen LogP contribution in [0.5, 0.6) is 0 Å². The van der Waals surface area contributed by atoms with Crippen LogP contribution in [-0.4, -0.2) is 97.0 Å². The Morgan fingerprint density at radius 3 is 1.23 bits per heavy atom. The third kappa shape index (κ3) is 6.42. The molecule has 1 N–H and O–H groups in total. The summed E-state index contributed by atoms with van der Waals surface area (Å²) >= 11 is 0. The van der Waals surface area contributed by atoms with Crippen molar-refractivity contribution in [1.29, 1.82) is 0 Å². The van der Waals surface area contributed by atoms with E-state index >= 15 is 0 Å². The monoisotopic (exact) mass is 760 g/mol. The van der Waals surface area contributed by atoms with E-state index in [4.69, 9.17) is 0 Å². The summed E-state index contributed by atoms with van der Waals surface area (Å²) in [6.45, 7) is 5.82. The molecule has 296 valence electrons. The highest BCUT2D eigenvalue weighted by Crippen LogP contribution is 2.54. The zero-order chi connectivity index (χ0) is 35.8. The van der Waals surface area contributed by atoms with Crippen molar-refractivity contribution in [2.45, 2.75) is 219 Å². The lowest BCUT2D eigenvalue weighted by molar-refractivity contribution is 0.0421. The molecule has 0 radical (unpaired) electrons. The summed E-state index contributed by atoms with van der Waals surface area (Å²) in [6.07, 6.45) is 26.5. The van der Waals surface area contributed by atoms with E-state index in [-0.39, 0.29) is 10.5 Å². The largest absolute Gasteiger partial charge is 0.314 e. The number of hydrogen-bond acceptors (Lipinski definition) is 7. The van der Waals surface area contributed by atoms with Crippen LogP contribution in [0, 0.1) is 35.5 Å². The third-order valence-corrected chi connectivity index (χ3v) is 23.2. The molecule has 0 aromatic rings. The SMILES string of the molecule is CC1CCCC2C3CCCCC3N(C3CCC(S(=O)(=O)C4CNCC(S(=O)(=O)C5CCC(N6C7CCCCC7C7CCCC(C)C76)CC5)C4)CC3)C12. The molecule has 9 aliphatic rings. The van der Waals surface area contributed by atoms with E-state index in [1.807, 2.05) is 0 Å². The first-order valence-corrected chi connectivity index (χ1v) is 26.1. The fourth-order valence-corrected chi connectivity index (χ4v) is 20.4. The number of piperidine rings is 1. The Hall–Kier alpha value is -0.220.